The average molecular weight is 250 g/mol. The Balaban J connectivity index is 2.04. The van der Waals surface area contributed by atoms with Crippen LogP contribution in [-0.2, 0) is 13.2 Å². The number of rotatable bonds is 4. The van der Waals surface area contributed by atoms with Crippen molar-refractivity contribution in [2.24, 2.45) is 5.73 Å². The van der Waals surface area contributed by atoms with Gasteiger partial charge in [-0.15, -0.1) is 0 Å². The van der Waals surface area contributed by atoms with Crippen molar-refractivity contribution in [3.63, 3.8) is 0 Å². The molecule has 0 radical (unpaired) electrons. The van der Waals surface area contributed by atoms with E-state index in [4.69, 9.17) is 10.5 Å². The molecule has 0 unspecified atom stereocenters. The van der Waals surface area contributed by atoms with Crippen LogP contribution in [-0.4, -0.2) is 4.98 Å². The van der Waals surface area contributed by atoms with E-state index in [2.05, 4.69) is 4.98 Å². The maximum absolute atomic E-state index is 13.3. The van der Waals surface area contributed by atoms with Crippen LogP contribution in [0.25, 0.3) is 0 Å². The second-order valence-corrected chi connectivity index (χ2v) is 3.69. The van der Waals surface area contributed by atoms with Crippen LogP contribution >= 0.6 is 0 Å². The van der Waals surface area contributed by atoms with Crippen molar-refractivity contribution in [1.82, 2.24) is 4.98 Å². The van der Waals surface area contributed by atoms with E-state index in [9.17, 15) is 8.78 Å². The minimum absolute atomic E-state index is 0.0484. The maximum Gasteiger partial charge on any atom is 0.165 e. The Hall–Kier alpha value is -2.01. The summed E-state index contributed by atoms with van der Waals surface area (Å²) in [7, 11) is 0. The van der Waals surface area contributed by atoms with Gasteiger partial charge in [-0.3, -0.25) is 4.98 Å². The summed E-state index contributed by atoms with van der Waals surface area (Å²) < 4.78 is 31.6. The maximum atomic E-state index is 13.3. The first-order valence-corrected chi connectivity index (χ1v) is 5.41. The van der Waals surface area contributed by atoms with E-state index in [0.29, 0.717) is 12.3 Å². The predicted molar refractivity (Wildman–Crippen MR) is 62.8 cm³/mol. The van der Waals surface area contributed by atoms with Gasteiger partial charge < -0.3 is 10.5 Å². The highest BCUT2D eigenvalue weighted by atomic mass is 19.2. The molecule has 0 aliphatic rings. The van der Waals surface area contributed by atoms with E-state index in [0.717, 1.165) is 11.8 Å². The summed E-state index contributed by atoms with van der Waals surface area (Å²) in [6.45, 7) is 0.298. The first-order chi connectivity index (χ1) is 8.70. The molecule has 0 atom stereocenters. The molecule has 0 bridgehead atoms. The standard InChI is InChI=1S/C13H12F2N2O/c14-12-3-1-2-9(13(12)15)8-18-11-5-4-10(6-16)17-7-11/h1-5,7H,6,8,16H2. The predicted octanol–water partition coefficient (Wildman–Crippen LogP) is 2.40. The van der Waals surface area contributed by atoms with Gasteiger partial charge in [0.25, 0.3) is 0 Å². The molecule has 2 N–H and O–H groups in total. The molecule has 5 heteroatoms. The number of nitrogens with two attached hydrogens (primary N) is 1. The highest BCUT2D eigenvalue weighted by molar-refractivity contribution is 5.22. The zero-order valence-corrected chi connectivity index (χ0v) is 9.57. The third kappa shape index (κ3) is 2.81. The van der Waals surface area contributed by atoms with Gasteiger partial charge in [0.2, 0.25) is 0 Å². The van der Waals surface area contributed by atoms with Gasteiger partial charge in [0.15, 0.2) is 11.6 Å². The van der Waals surface area contributed by atoms with Crippen molar-refractivity contribution in [2.75, 3.05) is 0 Å². The van der Waals surface area contributed by atoms with E-state index in [1.54, 1.807) is 12.1 Å². The van der Waals surface area contributed by atoms with E-state index in [1.807, 2.05) is 0 Å². The fourth-order valence-corrected chi connectivity index (χ4v) is 1.44. The van der Waals surface area contributed by atoms with Gasteiger partial charge in [0, 0.05) is 12.1 Å². The highest BCUT2D eigenvalue weighted by Gasteiger charge is 2.07. The summed E-state index contributed by atoms with van der Waals surface area (Å²) >= 11 is 0. The topological polar surface area (TPSA) is 48.1 Å². The van der Waals surface area contributed by atoms with Gasteiger partial charge in [-0.1, -0.05) is 12.1 Å². The van der Waals surface area contributed by atoms with Crippen LogP contribution in [0.4, 0.5) is 8.78 Å². The van der Waals surface area contributed by atoms with Crippen molar-refractivity contribution in [3.05, 3.63) is 59.4 Å². The largest absolute Gasteiger partial charge is 0.487 e. The summed E-state index contributed by atoms with van der Waals surface area (Å²) in [4.78, 5) is 4.03. The molecule has 2 aromatic rings. The molecule has 1 heterocycles. The Morgan fingerprint density at radius 1 is 1.17 bits per heavy atom. The zero-order chi connectivity index (χ0) is 13.0. The number of pyridine rings is 1. The summed E-state index contributed by atoms with van der Waals surface area (Å²) in [6.07, 6.45) is 1.50. The second kappa shape index (κ2) is 5.55. The van der Waals surface area contributed by atoms with Gasteiger partial charge in [-0.25, -0.2) is 8.78 Å². The van der Waals surface area contributed by atoms with E-state index < -0.39 is 11.6 Å². The van der Waals surface area contributed by atoms with Crippen molar-refractivity contribution < 1.29 is 13.5 Å². The number of aromatic nitrogens is 1. The van der Waals surface area contributed by atoms with Gasteiger partial charge in [-0.2, -0.15) is 0 Å². The number of nitrogens with zero attached hydrogens (tertiary/aromatic N) is 1. The molecule has 0 amide bonds. The lowest BCUT2D eigenvalue weighted by atomic mass is 10.2. The first-order valence-electron chi connectivity index (χ1n) is 5.41. The minimum atomic E-state index is -0.885. The molecule has 1 aromatic heterocycles. The molecule has 2 rings (SSSR count). The molecular weight excluding hydrogens is 238 g/mol. The highest BCUT2D eigenvalue weighted by Crippen LogP contribution is 2.15. The molecule has 3 nitrogen and oxygen atoms in total. The van der Waals surface area contributed by atoms with Gasteiger partial charge in [-0.05, 0) is 18.2 Å². The van der Waals surface area contributed by atoms with Crippen molar-refractivity contribution in [3.8, 4) is 5.75 Å². The molecule has 0 spiro atoms. The van der Waals surface area contributed by atoms with Crippen molar-refractivity contribution in [2.45, 2.75) is 13.2 Å². The zero-order valence-electron chi connectivity index (χ0n) is 9.57. The van der Waals surface area contributed by atoms with Crippen LogP contribution in [0.15, 0.2) is 36.5 Å². The smallest absolute Gasteiger partial charge is 0.165 e. The Kier molecular flexibility index (Phi) is 3.84. The van der Waals surface area contributed by atoms with Gasteiger partial charge in [0.1, 0.15) is 12.4 Å². The van der Waals surface area contributed by atoms with Crippen molar-refractivity contribution in [1.29, 1.82) is 0 Å². The molecule has 0 aliphatic heterocycles. The third-order valence-electron chi connectivity index (χ3n) is 2.43. The van der Waals surface area contributed by atoms with Crippen LogP contribution in [0.2, 0.25) is 0 Å². The molecular formula is C13H12F2N2O. The third-order valence-corrected chi connectivity index (χ3v) is 2.43. The number of halogens is 2. The Labute approximate surface area is 103 Å². The number of hydrogen-bond donors (Lipinski definition) is 1. The molecule has 0 fully saturated rings. The lowest BCUT2D eigenvalue weighted by Gasteiger charge is -2.07. The lowest BCUT2D eigenvalue weighted by Crippen LogP contribution is -2.02. The van der Waals surface area contributed by atoms with Crippen molar-refractivity contribution >= 4 is 0 Å². The Bertz CT molecular complexity index is 529. The molecule has 0 saturated carbocycles. The summed E-state index contributed by atoms with van der Waals surface area (Å²) in [5, 5.41) is 0. The minimum Gasteiger partial charge on any atom is -0.487 e. The fraction of sp³-hybridized carbons (Fsp3) is 0.154. The number of benzene rings is 1. The first kappa shape index (κ1) is 12.4. The van der Waals surface area contributed by atoms with Crippen LogP contribution in [0.1, 0.15) is 11.3 Å². The fourth-order valence-electron chi connectivity index (χ4n) is 1.44. The molecule has 1 aromatic carbocycles. The quantitative estimate of drug-likeness (QED) is 0.906. The SMILES string of the molecule is NCc1ccc(OCc2cccc(F)c2F)cn1. The van der Waals surface area contributed by atoms with Crippen LogP contribution < -0.4 is 10.5 Å². The lowest BCUT2D eigenvalue weighted by molar-refractivity contribution is 0.296. The second-order valence-electron chi connectivity index (χ2n) is 3.69. The summed E-state index contributed by atoms with van der Waals surface area (Å²) in [5.41, 5.74) is 6.31. The average Bonchev–Trinajstić information content (AvgIpc) is 2.41. The summed E-state index contributed by atoms with van der Waals surface area (Å²) in [5.74, 6) is -1.28. The normalized spacial score (nSPS) is 10.4. The van der Waals surface area contributed by atoms with Crippen LogP contribution in [0.5, 0.6) is 5.75 Å². The number of ether oxygens (including phenoxy) is 1. The molecule has 94 valence electrons. The van der Waals surface area contributed by atoms with E-state index in [1.165, 1.54) is 18.3 Å². The van der Waals surface area contributed by atoms with Gasteiger partial charge in [0.05, 0.1) is 11.9 Å². The number of hydrogen-bond acceptors (Lipinski definition) is 3. The van der Waals surface area contributed by atoms with Crippen LogP contribution in [0.3, 0.4) is 0 Å². The Morgan fingerprint density at radius 2 is 2.00 bits per heavy atom. The molecule has 18 heavy (non-hydrogen) atoms. The molecule has 0 aliphatic carbocycles. The monoisotopic (exact) mass is 250 g/mol. The molecule has 0 saturated heterocycles. The van der Waals surface area contributed by atoms with Gasteiger partial charge >= 0.3 is 0 Å². The summed E-state index contributed by atoms with van der Waals surface area (Å²) in [6, 6.07) is 7.38. The Morgan fingerprint density at radius 3 is 2.67 bits per heavy atom. The van der Waals surface area contributed by atoms with Crippen LogP contribution in [0, 0.1) is 11.6 Å². The van der Waals surface area contributed by atoms with E-state index in [-0.39, 0.29) is 12.2 Å². The van der Waals surface area contributed by atoms with E-state index >= 15 is 0 Å².